The van der Waals surface area contributed by atoms with Gasteiger partial charge in [0, 0.05) is 37.0 Å². The molecule has 0 bridgehead atoms. The van der Waals surface area contributed by atoms with Crippen molar-refractivity contribution in [1.82, 2.24) is 24.7 Å². The van der Waals surface area contributed by atoms with Crippen LogP contribution < -0.4 is 4.72 Å². The highest BCUT2D eigenvalue weighted by Crippen LogP contribution is 2.28. The molecular weight excluding hydrogens is 406 g/mol. The lowest BCUT2D eigenvalue weighted by Crippen LogP contribution is -2.46. The topological polar surface area (TPSA) is 118 Å². The number of benzene rings is 1. The van der Waals surface area contributed by atoms with Crippen molar-refractivity contribution >= 4 is 16.1 Å². The minimum Gasteiger partial charge on any atom is -0.339 e. The van der Waals surface area contributed by atoms with Crippen LogP contribution in [0.3, 0.4) is 0 Å². The van der Waals surface area contributed by atoms with Gasteiger partial charge in [-0.2, -0.15) is 4.98 Å². The monoisotopic (exact) mass is 427 g/mol. The molecular formula is C20H21N5O4S. The fourth-order valence-electron chi connectivity index (χ4n) is 3.30. The molecule has 156 valence electrons. The molecule has 4 rings (SSSR count). The summed E-state index contributed by atoms with van der Waals surface area (Å²) in [5.74, 6) is 1.04. The van der Waals surface area contributed by atoms with Crippen molar-refractivity contribution in [2.24, 2.45) is 0 Å². The molecule has 0 unspecified atom stereocenters. The Hall–Kier alpha value is -3.27. The Morgan fingerprint density at radius 1 is 1.10 bits per heavy atom. The van der Waals surface area contributed by atoms with Gasteiger partial charge >= 0.3 is 6.03 Å². The number of pyridine rings is 1. The molecule has 0 aliphatic carbocycles. The average molecular weight is 427 g/mol. The first-order valence-corrected chi connectivity index (χ1v) is 11.0. The smallest absolute Gasteiger partial charge is 0.331 e. The summed E-state index contributed by atoms with van der Waals surface area (Å²) >= 11 is 0. The number of likely N-dealkylation sites (tertiary alicyclic amines) is 1. The number of rotatable bonds is 4. The Morgan fingerprint density at radius 2 is 1.77 bits per heavy atom. The van der Waals surface area contributed by atoms with Gasteiger partial charge in [-0.3, -0.25) is 4.98 Å². The standard InChI is InChI=1S/C20H21N5O4S/c1-14-2-4-17(5-3-14)30(27,28)24-20(26)25-12-8-16(9-13-25)19-22-18(23-29-19)15-6-10-21-11-7-15/h2-7,10-11,16H,8-9,12-13H2,1H3,(H,24,26). The van der Waals surface area contributed by atoms with Crippen LogP contribution in [-0.4, -0.2) is 47.6 Å². The maximum absolute atomic E-state index is 12.5. The normalized spacial score (nSPS) is 15.2. The number of carbonyl (C=O) groups excluding carboxylic acids is 1. The number of carbonyl (C=O) groups is 1. The first kappa shape index (κ1) is 20.0. The SMILES string of the molecule is Cc1ccc(S(=O)(=O)NC(=O)N2CCC(c3nc(-c4ccncc4)no3)CC2)cc1. The van der Waals surface area contributed by atoms with Crippen LogP contribution in [0.4, 0.5) is 4.79 Å². The lowest BCUT2D eigenvalue weighted by atomic mass is 9.97. The third-order valence-corrected chi connectivity index (χ3v) is 6.40. The van der Waals surface area contributed by atoms with Gasteiger partial charge in [-0.05, 0) is 44.0 Å². The number of aryl methyl sites for hydroxylation is 1. The summed E-state index contributed by atoms with van der Waals surface area (Å²) in [6.45, 7) is 2.66. The summed E-state index contributed by atoms with van der Waals surface area (Å²) in [6.07, 6.45) is 4.53. The number of amides is 2. The molecule has 1 aromatic carbocycles. The van der Waals surface area contributed by atoms with Gasteiger partial charge in [0.1, 0.15) is 0 Å². The van der Waals surface area contributed by atoms with Gasteiger partial charge in [0.15, 0.2) is 0 Å². The van der Waals surface area contributed by atoms with E-state index in [0.717, 1.165) is 11.1 Å². The maximum atomic E-state index is 12.5. The van der Waals surface area contributed by atoms with E-state index in [4.69, 9.17) is 4.52 Å². The molecule has 10 heteroatoms. The van der Waals surface area contributed by atoms with Gasteiger partial charge in [0.25, 0.3) is 10.0 Å². The van der Waals surface area contributed by atoms with Gasteiger partial charge in [-0.15, -0.1) is 0 Å². The van der Waals surface area contributed by atoms with E-state index >= 15 is 0 Å². The van der Waals surface area contributed by atoms with E-state index in [0.29, 0.717) is 37.6 Å². The number of aromatic nitrogens is 3. The third-order valence-electron chi connectivity index (χ3n) is 5.06. The maximum Gasteiger partial charge on any atom is 0.331 e. The molecule has 0 saturated carbocycles. The first-order chi connectivity index (χ1) is 14.4. The van der Waals surface area contributed by atoms with Crippen LogP contribution in [0.25, 0.3) is 11.4 Å². The Kier molecular flexibility index (Phi) is 5.49. The van der Waals surface area contributed by atoms with Crippen LogP contribution >= 0.6 is 0 Å². The number of nitrogens with zero attached hydrogens (tertiary/aromatic N) is 4. The van der Waals surface area contributed by atoms with E-state index in [9.17, 15) is 13.2 Å². The lowest BCUT2D eigenvalue weighted by Gasteiger charge is -2.30. The molecule has 1 aliphatic rings. The zero-order valence-corrected chi connectivity index (χ0v) is 17.2. The van der Waals surface area contributed by atoms with Gasteiger partial charge in [0.05, 0.1) is 4.90 Å². The van der Waals surface area contributed by atoms with E-state index in [-0.39, 0.29) is 10.8 Å². The molecule has 1 aliphatic heterocycles. The molecule has 0 radical (unpaired) electrons. The van der Waals surface area contributed by atoms with Crippen molar-refractivity contribution in [3.8, 4) is 11.4 Å². The van der Waals surface area contributed by atoms with E-state index in [1.165, 1.54) is 17.0 Å². The van der Waals surface area contributed by atoms with Gasteiger partial charge in [-0.1, -0.05) is 22.9 Å². The van der Waals surface area contributed by atoms with Crippen molar-refractivity contribution in [3.63, 3.8) is 0 Å². The van der Waals surface area contributed by atoms with E-state index in [1.54, 1.807) is 36.7 Å². The fourth-order valence-corrected chi connectivity index (χ4v) is 4.28. The molecule has 2 aromatic heterocycles. The molecule has 3 aromatic rings. The van der Waals surface area contributed by atoms with E-state index < -0.39 is 16.1 Å². The van der Waals surface area contributed by atoms with Crippen LogP contribution in [0, 0.1) is 6.92 Å². The number of hydrogen-bond donors (Lipinski definition) is 1. The Bertz CT molecular complexity index is 1120. The predicted octanol–water partition coefficient (Wildman–Crippen LogP) is 2.72. The van der Waals surface area contributed by atoms with Crippen LogP contribution in [0.15, 0.2) is 58.2 Å². The van der Waals surface area contributed by atoms with Crippen molar-refractivity contribution < 1.29 is 17.7 Å². The zero-order chi connectivity index (χ0) is 21.1. The summed E-state index contributed by atoms with van der Waals surface area (Å²) in [7, 11) is -3.91. The minimum absolute atomic E-state index is 0.0193. The van der Waals surface area contributed by atoms with Gasteiger partial charge in [-0.25, -0.2) is 17.9 Å². The Labute approximate surface area is 174 Å². The van der Waals surface area contributed by atoms with Crippen molar-refractivity contribution in [1.29, 1.82) is 0 Å². The molecule has 1 saturated heterocycles. The second kappa shape index (κ2) is 8.23. The molecule has 3 heterocycles. The molecule has 0 atom stereocenters. The summed E-state index contributed by atoms with van der Waals surface area (Å²) in [5.41, 5.74) is 1.76. The highest BCUT2D eigenvalue weighted by Gasteiger charge is 2.29. The average Bonchev–Trinajstić information content (AvgIpc) is 3.25. The van der Waals surface area contributed by atoms with Crippen molar-refractivity contribution in [3.05, 3.63) is 60.2 Å². The molecule has 30 heavy (non-hydrogen) atoms. The number of piperidine rings is 1. The molecule has 0 spiro atoms. The van der Waals surface area contributed by atoms with Gasteiger partial charge < -0.3 is 9.42 Å². The fraction of sp³-hybridized carbons (Fsp3) is 0.300. The highest BCUT2D eigenvalue weighted by atomic mass is 32.2. The van der Waals surface area contributed by atoms with E-state index in [1.807, 2.05) is 6.92 Å². The Balaban J connectivity index is 1.36. The van der Waals surface area contributed by atoms with Crippen molar-refractivity contribution in [2.45, 2.75) is 30.6 Å². The summed E-state index contributed by atoms with van der Waals surface area (Å²) in [5, 5.41) is 4.02. The first-order valence-electron chi connectivity index (χ1n) is 9.55. The Morgan fingerprint density at radius 3 is 2.43 bits per heavy atom. The summed E-state index contributed by atoms with van der Waals surface area (Å²) in [4.78, 5) is 22.4. The van der Waals surface area contributed by atoms with Crippen LogP contribution in [0.1, 0.15) is 30.2 Å². The largest absolute Gasteiger partial charge is 0.339 e. The van der Waals surface area contributed by atoms with Crippen LogP contribution in [-0.2, 0) is 10.0 Å². The quantitative estimate of drug-likeness (QED) is 0.680. The van der Waals surface area contributed by atoms with E-state index in [2.05, 4.69) is 19.8 Å². The summed E-state index contributed by atoms with van der Waals surface area (Å²) < 4.78 is 32.4. The predicted molar refractivity (Wildman–Crippen MR) is 108 cm³/mol. The van der Waals surface area contributed by atoms with Crippen molar-refractivity contribution in [2.75, 3.05) is 13.1 Å². The number of nitrogens with one attached hydrogen (secondary N) is 1. The molecule has 2 amide bonds. The van der Waals surface area contributed by atoms with Gasteiger partial charge in [0.2, 0.25) is 11.7 Å². The highest BCUT2D eigenvalue weighted by molar-refractivity contribution is 7.90. The number of hydrogen-bond acceptors (Lipinski definition) is 7. The molecule has 1 N–H and O–H groups in total. The zero-order valence-electron chi connectivity index (χ0n) is 16.4. The van der Waals surface area contributed by atoms with Crippen LogP contribution in [0.2, 0.25) is 0 Å². The number of urea groups is 1. The summed E-state index contributed by atoms with van der Waals surface area (Å²) in [6, 6.07) is 9.31. The van der Waals surface area contributed by atoms with Crippen LogP contribution in [0.5, 0.6) is 0 Å². The second-order valence-corrected chi connectivity index (χ2v) is 8.86. The second-order valence-electron chi connectivity index (χ2n) is 7.18. The minimum atomic E-state index is -3.91. The molecule has 1 fully saturated rings. The third kappa shape index (κ3) is 4.33. The molecule has 9 nitrogen and oxygen atoms in total. The number of sulfonamides is 1. The lowest BCUT2D eigenvalue weighted by molar-refractivity contribution is 0.180.